The highest BCUT2D eigenvalue weighted by Crippen LogP contribution is 2.32. The fourth-order valence-corrected chi connectivity index (χ4v) is 2.41. The largest absolute Gasteiger partial charge is 0.436 e. The quantitative estimate of drug-likeness (QED) is 0.660. The van der Waals surface area contributed by atoms with Gasteiger partial charge in [-0.05, 0) is 37.0 Å². The van der Waals surface area contributed by atoms with Crippen LogP contribution in [-0.2, 0) is 14.3 Å². The molecule has 2 unspecified atom stereocenters. The molecule has 1 aliphatic rings. The van der Waals surface area contributed by atoms with Crippen LogP contribution in [0.15, 0.2) is 24.3 Å². The number of benzene rings is 1. The molecule has 0 radical (unpaired) electrons. The zero-order valence-corrected chi connectivity index (χ0v) is 12.0. The number of hydrogen-bond acceptors (Lipinski definition) is 4. The van der Waals surface area contributed by atoms with Crippen LogP contribution < -0.4 is 5.73 Å². The Bertz CT molecular complexity index is 447. The lowest BCUT2D eigenvalue weighted by Gasteiger charge is -2.30. The van der Waals surface area contributed by atoms with E-state index in [1.165, 1.54) is 0 Å². The molecule has 4 heteroatoms. The van der Waals surface area contributed by atoms with Crippen LogP contribution >= 0.6 is 0 Å². The summed E-state index contributed by atoms with van der Waals surface area (Å²) in [5.41, 5.74) is 7.58. The van der Waals surface area contributed by atoms with Crippen LogP contribution in [0, 0.1) is 0 Å². The van der Waals surface area contributed by atoms with Gasteiger partial charge in [0.15, 0.2) is 0 Å². The van der Waals surface area contributed by atoms with Gasteiger partial charge in [-0.15, -0.1) is 0 Å². The average molecular weight is 277 g/mol. The lowest BCUT2D eigenvalue weighted by Crippen LogP contribution is -2.27. The molecule has 0 aliphatic carbocycles. The summed E-state index contributed by atoms with van der Waals surface area (Å²) in [4.78, 5) is 11.6. The van der Waals surface area contributed by atoms with Crippen LogP contribution in [0.2, 0.25) is 0 Å². The Hall–Kier alpha value is -1.55. The third-order valence-electron chi connectivity index (χ3n) is 3.50. The number of hydrogen-bond donors (Lipinski definition) is 1. The first-order chi connectivity index (χ1) is 9.69. The van der Waals surface area contributed by atoms with E-state index in [2.05, 4.69) is 6.92 Å². The van der Waals surface area contributed by atoms with E-state index >= 15 is 0 Å². The van der Waals surface area contributed by atoms with E-state index in [9.17, 15) is 4.79 Å². The molecular weight excluding hydrogens is 254 g/mol. The van der Waals surface area contributed by atoms with Crippen LogP contribution in [0.4, 0.5) is 5.69 Å². The molecule has 1 aromatic carbocycles. The molecule has 4 nitrogen and oxygen atoms in total. The fourth-order valence-electron chi connectivity index (χ4n) is 2.41. The first-order valence-electron chi connectivity index (χ1n) is 7.39. The molecule has 1 aromatic rings. The van der Waals surface area contributed by atoms with Crippen molar-refractivity contribution in [1.29, 1.82) is 0 Å². The van der Waals surface area contributed by atoms with Gasteiger partial charge in [-0.1, -0.05) is 25.5 Å². The number of nitrogens with two attached hydrogens (primary N) is 1. The van der Waals surface area contributed by atoms with E-state index in [0.717, 1.165) is 43.4 Å². The molecular formula is C16H23NO3. The lowest BCUT2D eigenvalue weighted by atomic mass is 10.0. The van der Waals surface area contributed by atoms with Crippen LogP contribution in [0.25, 0.3) is 0 Å². The number of anilines is 1. The summed E-state index contributed by atoms with van der Waals surface area (Å²) in [6.07, 6.45) is 4.58. The predicted octanol–water partition coefficient (Wildman–Crippen LogP) is 3.57. The van der Waals surface area contributed by atoms with E-state index in [0.29, 0.717) is 6.42 Å². The van der Waals surface area contributed by atoms with Crippen molar-refractivity contribution >= 4 is 11.7 Å². The van der Waals surface area contributed by atoms with Crippen molar-refractivity contribution in [2.45, 2.75) is 57.8 Å². The van der Waals surface area contributed by atoms with Crippen LogP contribution in [-0.4, -0.2) is 12.3 Å². The number of unbranched alkanes of at least 4 members (excludes halogenated alkanes) is 1. The van der Waals surface area contributed by atoms with Crippen molar-refractivity contribution in [3.05, 3.63) is 29.8 Å². The molecule has 2 N–H and O–H groups in total. The van der Waals surface area contributed by atoms with Gasteiger partial charge in [0.1, 0.15) is 0 Å². The van der Waals surface area contributed by atoms with Crippen molar-refractivity contribution in [2.75, 3.05) is 5.73 Å². The normalized spacial score (nSPS) is 22.4. The molecule has 0 saturated carbocycles. The Labute approximate surface area is 120 Å². The van der Waals surface area contributed by atoms with Crippen molar-refractivity contribution in [2.24, 2.45) is 0 Å². The lowest BCUT2D eigenvalue weighted by molar-refractivity contribution is -0.204. The summed E-state index contributed by atoms with van der Waals surface area (Å²) in [5.74, 6) is -0.162. The molecule has 0 spiro atoms. The molecule has 1 saturated heterocycles. The SMILES string of the molecule is CCCCC(=O)OC1CCCC(c2cccc(N)c2)O1. The molecule has 2 rings (SSSR count). The highest BCUT2D eigenvalue weighted by molar-refractivity contribution is 5.69. The minimum atomic E-state index is -0.417. The minimum Gasteiger partial charge on any atom is -0.436 e. The van der Waals surface area contributed by atoms with Gasteiger partial charge in [-0.3, -0.25) is 4.79 Å². The maximum atomic E-state index is 11.6. The molecule has 1 aliphatic heterocycles. The minimum absolute atomic E-state index is 0.0313. The van der Waals surface area contributed by atoms with Gasteiger partial charge in [-0.25, -0.2) is 0 Å². The van der Waals surface area contributed by atoms with Gasteiger partial charge in [0.2, 0.25) is 6.29 Å². The van der Waals surface area contributed by atoms with Gasteiger partial charge < -0.3 is 15.2 Å². The van der Waals surface area contributed by atoms with Gasteiger partial charge in [0.25, 0.3) is 0 Å². The molecule has 0 aromatic heterocycles. The summed E-state index contributed by atoms with van der Waals surface area (Å²) in [5, 5.41) is 0. The summed E-state index contributed by atoms with van der Waals surface area (Å²) in [6.45, 7) is 2.06. The maximum Gasteiger partial charge on any atom is 0.308 e. The summed E-state index contributed by atoms with van der Waals surface area (Å²) < 4.78 is 11.3. The van der Waals surface area contributed by atoms with Crippen molar-refractivity contribution in [1.82, 2.24) is 0 Å². The number of nitrogen functional groups attached to an aromatic ring is 1. The second-order valence-electron chi connectivity index (χ2n) is 5.25. The van der Waals surface area contributed by atoms with Crippen molar-refractivity contribution in [3.8, 4) is 0 Å². The monoisotopic (exact) mass is 277 g/mol. The zero-order chi connectivity index (χ0) is 14.4. The Kier molecular flexibility index (Phi) is 5.41. The van der Waals surface area contributed by atoms with Crippen molar-refractivity contribution < 1.29 is 14.3 Å². The molecule has 0 amide bonds. The standard InChI is InChI=1S/C16H23NO3/c1-2-3-9-15(18)20-16-10-5-8-14(19-16)12-6-4-7-13(17)11-12/h4,6-7,11,14,16H,2-3,5,8-10,17H2,1H3. The Morgan fingerprint density at radius 2 is 2.30 bits per heavy atom. The first-order valence-corrected chi connectivity index (χ1v) is 7.39. The smallest absolute Gasteiger partial charge is 0.308 e. The second kappa shape index (κ2) is 7.29. The molecule has 110 valence electrons. The topological polar surface area (TPSA) is 61.5 Å². The molecule has 1 heterocycles. The van der Waals surface area contributed by atoms with Gasteiger partial charge >= 0.3 is 5.97 Å². The highest BCUT2D eigenvalue weighted by Gasteiger charge is 2.26. The molecule has 1 fully saturated rings. The fraction of sp³-hybridized carbons (Fsp3) is 0.562. The molecule has 0 bridgehead atoms. The summed E-state index contributed by atoms with van der Waals surface area (Å²) >= 11 is 0. The van der Waals surface area contributed by atoms with E-state index in [4.69, 9.17) is 15.2 Å². The van der Waals surface area contributed by atoms with E-state index in [1.807, 2.05) is 24.3 Å². The number of carbonyl (C=O) groups excluding carboxylic acids is 1. The number of carbonyl (C=O) groups is 1. The second-order valence-corrected chi connectivity index (χ2v) is 5.25. The molecule has 2 atom stereocenters. The summed E-state index contributed by atoms with van der Waals surface area (Å²) in [7, 11) is 0. The maximum absolute atomic E-state index is 11.6. The number of ether oxygens (including phenoxy) is 2. The van der Waals surface area contributed by atoms with Gasteiger partial charge in [0.05, 0.1) is 6.10 Å². The Morgan fingerprint density at radius 1 is 1.45 bits per heavy atom. The highest BCUT2D eigenvalue weighted by atomic mass is 16.7. The van der Waals surface area contributed by atoms with E-state index < -0.39 is 6.29 Å². The van der Waals surface area contributed by atoms with Gasteiger partial charge in [-0.2, -0.15) is 0 Å². The van der Waals surface area contributed by atoms with E-state index in [-0.39, 0.29) is 12.1 Å². The number of rotatable bonds is 5. The first kappa shape index (κ1) is 14.9. The Morgan fingerprint density at radius 3 is 3.05 bits per heavy atom. The van der Waals surface area contributed by atoms with Crippen LogP contribution in [0.3, 0.4) is 0 Å². The predicted molar refractivity (Wildman–Crippen MR) is 77.9 cm³/mol. The van der Waals surface area contributed by atoms with Crippen LogP contribution in [0.1, 0.15) is 57.1 Å². The van der Waals surface area contributed by atoms with Crippen molar-refractivity contribution in [3.63, 3.8) is 0 Å². The number of esters is 1. The third kappa shape index (κ3) is 4.23. The van der Waals surface area contributed by atoms with Gasteiger partial charge in [0, 0.05) is 18.5 Å². The van der Waals surface area contributed by atoms with E-state index in [1.54, 1.807) is 0 Å². The molecule has 20 heavy (non-hydrogen) atoms. The average Bonchev–Trinajstić information content (AvgIpc) is 2.45. The zero-order valence-electron chi connectivity index (χ0n) is 12.0. The summed E-state index contributed by atoms with van der Waals surface area (Å²) in [6, 6.07) is 7.70. The van der Waals surface area contributed by atoms with Crippen LogP contribution in [0.5, 0.6) is 0 Å². The Balaban J connectivity index is 1.90. The third-order valence-corrected chi connectivity index (χ3v) is 3.50.